The van der Waals surface area contributed by atoms with E-state index in [2.05, 4.69) is 28.8 Å². The Morgan fingerprint density at radius 2 is 2.10 bits per heavy atom. The molecule has 2 aliphatic rings. The topological polar surface area (TPSA) is 36.4 Å². The Labute approximate surface area is 131 Å². The van der Waals surface area contributed by atoms with Gasteiger partial charge in [-0.05, 0) is 45.7 Å². The lowest BCUT2D eigenvalue weighted by atomic mass is 10.0. The van der Waals surface area contributed by atoms with E-state index in [9.17, 15) is 4.79 Å². The summed E-state index contributed by atoms with van der Waals surface area (Å²) in [7, 11) is 2.20. The molecule has 1 aromatic rings. The third-order valence-corrected chi connectivity index (χ3v) is 5.92. The van der Waals surface area contributed by atoms with Crippen LogP contribution in [0.1, 0.15) is 43.3 Å². The molecule has 0 aliphatic carbocycles. The first kappa shape index (κ1) is 15.0. The average Bonchev–Trinajstić information content (AvgIpc) is 3.17. The van der Waals surface area contributed by atoms with Crippen molar-refractivity contribution in [1.29, 1.82) is 0 Å². The van der Waals surface area contributed by atoms with E-state index in [0.717, 1.165) is 36.5 Å². The zero-order chi connectivity index (χ0) is 14.8. The second-order valence-corrected chi connectivity index (χ2v) is 7.19. The number of carbonyl (C=O) groups excluding carboxylic acids is 1. The van der Waals surface area contributed by atoms with E-state index in [1.165, 1.54) is 19.4 Å². The predicted octanol–water partition coefficient (Wildman–Crippen LogP) is 2.33. The average molecular weight is 307 g/mol. The number of hydrogen-bond donors (Lipinski definition) is 0. The maximum Gasteiger partial charge on any atom is 0.228 e. The highest BCUT2D eigenvalue weighted by molar-refractivity contribution is 7.09. The normalized spacial score (nSPS) is 26.7. The van der Waals surface area contributed by atoms with Crippen LogP contribution in [0.4, 0.5) is 0 Å². The summed E-state index contributed by atoms with van der Waals surface area (Å²) in [5.41, 5.74) is 0.951. The van der Waals surface area contributed by atoms with Crippen LogP contribution in [0.2, 0.25) is 0 Å². The van der Waals surface area contributed by atoms with Crippen molar-refractivity contribution >= 4 is 17.2 Å². The number of nitrogens with zero attached hydrogens (tertiary/aromatic N) is 3. The van der Waals surface area contributed by atoms with Crippen LogP contribution in [-0.2, 0) is 17.6 Å². The van der Waals surface area contributed by atoms with Crippen LogP contribution in [0.5, 0.6) is 0 Å². The highest BCUT2D eigenvalue weighted by atomic mass is 32.1. The molecule has 0 radical (unpaired) electrons. The van der Waals surface area contributed by atoms with Gasteiger partial charge in [0.2, 0.25) is 5.91 Å². The number of aromatic nitrogens is 1. The molecule has 0 bridgehead atoms. The molecule has 21 heavy (non-hydrogen) atoms. The smallest absolute Gasteiger partial charge is 0.228 e. The molecule has 0 aromatic carbocycles. The van der Waals surface area contributed by atoms with Crippen molar-refractivity contribution in [2.75, 3.05) is 20.1 Å². The van der Waals surface area contributed by atoms with Crippen LogP contribution in [0.15, 0.2) is 5.38 Å². The van der Waals surface area contributed by atoms with Crippen molar-refractivity contribution in [2.45, 2.75) is 57.5 Å². The van der Waals surface area contributed by atoms with Crippen molar-refractivity contribution < 1.29 is 4.79 Å². The summed E-state index contributed by atoms with van der Waals surface area (Å²) < 4.78 is 0. The largest absolute Gasteiger partial charge is 0.338 e. The van der Waals surface area contributed by atoms with E-state index in [1.54, 1.807) is 11.3 Å². The van der Waals surface area contributed by atoms with E-state index in [-0.39, 0.29) is 5.91 Å². The van der Waals surface area contributed by atoms with Crippen LogP contribution in [-0.4, -0.2) is 52.9 Å². The molecule has 4 nitrogen and oxygen atoms in total. The molecule has 2 aliphatic heterocycles. The quantitative estimate of drug-likeness (QED) is 0.856. The molecule has 2 saturated heterocycles. The Bertz CT molecular complexity index is 501. The summed E-state index contributed by atoms with van der Waals surface area (Å²) in [5, 5.41) is 3.18. The standard InChI is InChI=1S/C16H25N3OS/c1-3-15-17-12(11-21-15)10-16(20)19-9-5-7-14(19)13-6-4-8-18(13)2/h11,13-14H,3-10H2,1-2H3. The van der Waals surface area contributed by atoms with E-state index in [0.29, 0.717) is 18.5 Å². The van der Waals surface area contributed by atoms with Gasteiger partial charge < -0.3 is 9.80 Å². The van der Waals surface area contributed by atoms with Gasteiger partial charge in [-0.15, -0.1) is 11.3 Å². The van der Waals surface area contributed by atoms with Gasteiger partial charge in [-0.3, -0.25) is 4.79 Å². The van der Waals surface area contributed by atoms with Crippen molar-refractivity contribution in [3.05, 3.63) is 16.1 Å². The van der Waals surface area contributed by atoms with Crippen molar-refractivity contribution in [3.8, 4) is 0 Å². The van der Waals surface area contributed by atoms with Crippen molar-refractivity contribution in [3.63, 3.8) is 0 Å². The van der Waals surface area contributed by atoms with Gasteiger partial charge in [-0.1, -0.05) is 6.92 Å². The zero-order valence-electron chi connectivity index (χ0n) is 13.0. The number of amides is 1. The molecular formula is C16H25N3OS. The first-order valence-corrected chi connectivity index (χ1v) is 9.00. The maximum absolute atomic E-state index is 12.7. The van der Waals surface area contributed by atoms with E-state index >= 15 is 0 Å². The van der Waals surface area contributed by atoms with Gasteiger partial charge in [0.1, 0.15) is 0 Å². The lowest BCUT2D eigenvalue weighted by Crippen LogP contribution is -2.47. The van der Waals surface area contributed by atoms with Gasteiger partial charge in [0.25, 0.3) is 0 Å². The Balaban J connectivity index is 1.65. The van der Waals surface area contributed by atoms with Gasteiger partial charge in [0.05, 0.1) is 17.1 Å². The number of hydrogen-bond acceptors (Lipinski definition) is 4. The van der Waals surface area contributed by atoms with Crippen molar-refractivity contribution in [1.82, 2.24) is 14.8 Å². The summed E-state index contributed by atoms with van der Waals surface area (Å²) in [6, 6.07) is 0.993. The van der Waals surface area contributed by atoms with Gasteiger partial charge in [0, 0.05) is 24.0 Å². The first-order chi connectivity index (χ1) is 10.2. The fraction of sp³-hybridized carbons (Fsp3) is 0.750. The fourth-order valence-corrected chi connectivity index (χ4v) is 4.52. The minimum atomic E-state index is 0.269. The third-order valence-electron chi connectivity index (χ3n) is 4.87. The highest BCUT2D eigenvalue weighted by Crippen LogP contribution is 2.29. The first-order valence-electron chi connectivity index (χ1n) is 8.12. The molecular weight excluding hydrogens is 282 g/mol. The van der Waals surface area contributed by atoms with E-state index in [1.807, 2.05) is 5.38 Å². The predicted molar refractivity (Wildman–Crippen MR) is 85.6 cm³/mol. The highest BCUT2D eigenvalue weighted by Gasteiger charge is 2.38. The fourth-order valence-electron chi connectivity index (χ4n) is 3.77. The Morgan fingerprint density at radius 1 is 1.33 bits per heavy atom. The van der Waals surface area contributed by atoms with Crippen LogP contribution in [0.25, 0.3) is 0 Å². The van der Waals surface area contributed by atoms with Crippen LogP contribution in [0.3, 0.4) is 0 Å². The summed E-state index contributed by atoms with van der Waals surface area (Å²) in [5.74, 6) is 0.269. The summed E-state index contributed by atoms with van der Waals surface area (Å²) in [6.07, 6.45) is 6.25. The molecule has 1 amide bonds. The minimum absolute atomic E-state index is 0.269. The summed E-state index contributed by atoms with van der Waals surface area (Å²) in [4.78, 5) is 21.8. The number of thiazole rings is 1. The maximum atomic E-state index is 12.7. The van der Waals surface area contributed by atoms with Crippen LogP contribution >= 0.6 is 11.3 Å². The summed E-state index contributed by atoms with van der Waals surface area (Å²) in [6.45, 7) is 4.21. The molecule has 0 saturated carbocycles. The molecule has 3 rings (SSSR count). The molecule has 1 aromatic heterocycles. The molecule has 0 N–H and O–H groups in total. The molecule has 2 unspecified atom stereocenters. The van der Waals surface area contributed by atoms with Crippen LogP contribution < -0.4 is 0 Å². The Kier molecular flexibility index (Phi) is 4.60. The molecule has 2 fully saturated rings. The van der Waals surface area contributed by atoms with Gasteiger partial charge in [-0.2, -0.15) is 0 Å². The number of carbonyl (C=O) groups is 1. The van der Waals surface area contributed by atoms with E-state index in [4.69, 9.17) is 0 Å². The molecule has 5 heteroatoms. The van der Waals surface area contributed by atoms with Crippen molar-refractivity contribution in [2.24, 2.45) is 0 Å². The third kappa shape index (κ3) is 3.14. The zero-order valence-corrected chi connectivity index (χ0v) is 13.9. The minimum Gasteiger partial charge on any atom is -0.338 e. The van der Waals surface area contributed by atoms with Gasteiger partial charge in [-0.25, -0.2) is 4.98 Å². The Morgan fingerprint density at radius 3 is 2.76 bits per heavy atom. The number of likely N-dealkylation sites (tertiary alicyclic amines) is 2. The molecule has 3 heterocycles. The lowest BCUT2D eigenvalue weighted by molar-refractivity contribution is -0.132. The SMILES string of the molecule is CCc1nc(CC(=O)N2CCCC2C2CCCN2C)cs1. The van der Waals surface area contributed by atoms with Crippen LogP contribution in [0, 0.1) is 0 Å². The number of likely N-dealkylation sites (N-methyl/N-ethyl adjacent to an activating group) is 1. The van der Waals surface area contributed by atoms with E-state index < -0.39 is 0 Å². The lowest BCUT2D eigenvalue weighted by Gasteiger charge is -2.33. The Hall–Kier alpha value is -0.940. The molecule has 116 valence electrons. The van der Waals surface area contributed by atoms with Gasteiger partial charge in [0.15, 0.2) is 0 Å². The second kappa shape index (κ2) is 6.44. The summed E-state index contributed by atoms with van der Waals surface area (Å²) >= 11 is 1.67. The molecule has 0 spiro atoms. The number of aryl methyl sites for hydroxylation is 1. The second-order valence-electron chi connectivity index (χ2n) is 6.25. The molecule has 2 atom stereocenters. The monoisotopic (exact) mass is 307 g/mol. The van der Waals surface area contributed by atoms with Gasteiger partial charge >= 0.3 is 0 Å². The number of rotatable bonds is 4.